The Morgan fingerprint density at radius 2 is 2.12 bits per heavy atom. The van der Waals surface area contributed by atoms with Crippen LogP contribution < -0.4 is 5.32 Å². The van der Waals surface area contributed by atoms with Gasteiger partial charge in [0.1, 0.15) is 0 Å². The lowest BCUT2D eigenvalue weighted by Gasteiger charge is -2.22. The molecule has 24 heavy (non-hydrogen) atoms. The lowest BCUT2D eigenvalue weighted by atomic mass is 10.2. The smallest absolute Gasteiger partial charge is 0.224 e. The predicted molar refractivity (Wildman–Crippen MR) is 99.3 cm³/mol. The van der Waals surface area contributed by atoms with Crippen LogP contribution in [0.15, 0.2) is 29.3 Å². The zero-order valence-corrected chi connectivity index (χ0v) is 15.4. The van der Waals surface area contributed by atoms with Crippen LogP contribution in [0.2, 0.25) is 5.02 Å². The maximum atomic E-state index is 12.1. The zero-order valence-electron chi connectivity index (χ0n) is 14.6. The number of nitrogens with zero attached hydrogens (tertiary/aromatic N) is 3. The van der Waals surface area contributed by atoms with Crippen molar-refractivity contribution in [3.05, 3.63) is 34.9 Å². The van der Waals surface area contributed by atoms with Crippen LogP contribution in [0.3, 0.4) is 0 Å². The maximum Gasteiger partial charge on any atom is 0.224 e. The van der Waals surface area contributed by atoms with Gasteiger partial charge in [0.15, 0.2) is 5.96 Å². The SMILES string of the molecule is CCNC(=NCCC(=O)N1CCCC1)N(C)Cc1cccc(Cl)c1. The molecule has 1 fully saturated rings. The lowest BCUT2D eigenvalue weighted by molar-refractivity contribution is -0.129. The van der Waals surface area contributed by atoms with E-state index in [0.29, 0.717) is 19.5 Å². The number of rotatable bonds is 6. The third-order valence-corrected chi connectivity index (χ3v) is 4.29. The fourth-order valence-corrected chi connectivity index (χ4v) is 3.05. The molecule has 132 valence electrons. The highest BCUT2D eigenvalue weighted by molar-refractivity contribution is 6.30. The molecule has 0 saturated carbocycles. The minimum absolute atomic E-state index is 0.213. The summed E-state index contributed by atoms with van der Waals surface area (Å²) in [4.78, 5) is 20.7. The molecule has 1 heterocycles. The van der Waals surface area contributed by atoms with Crippen molar-refractivity contribution in [3.63, 3.8) is 0 Å². The third-order valence-electron chi connectivity index (χ3n) is 4.05. The van der Waals surface area contributed by atoms with E-state index in [1.54, 1.807) is 0 Å². The van der Waals surface area contributed by atoms with Crippen LogP contribution in [0.5, 0.6) is 0 Å². The van der Waals surface area contributed by atoms with Gasteiger partial charge >= 0.3 is 0 Å². The Kier molecular flexibility index (Phi) is 7.37. The van der Waals surface area contributed by atoms with Crippen molar-refractivity contribution in [2.45, 2.75) is 32.7 Å². The first kappa shape index (κ1) is 18.6. The number of aliphatic imine (C=N–C) groups is 1. The summed E-state index contributed by atoms with van der Waals surface area (Å²) in [5, 5.41) is 4.01. The summed E-state index contributed by atoms with van der Waals surface area (Å²) in [6.07, 6.45) is 2.72. The van der Waals surface area contributed by atoms with Gasteiger partial charge in [0.05, 0.1) is 6.54 Å². The molecule has 0 aliphatic carbocycles. The Morgan fingerprint density at radius 1 is 1.38 bits per heavy atom. The highest BCUT2D eigenvalue weighted by Gasteiger charge is 2.17. The first-order valence-electron chi connectivity index (χ1n) is 8.62. The van der Waals surface area contributed by atoms with Crippen LogP contribution in [0.1, 0.15) is 31.7 Å². The molecule has 1 saturated heterocycles. The topological polar surface area (TPSA) is 47.9 Å². The normalized spacial score (nSPS) is 14.8. The van der Waals surface area contributed by atoms with Gasteiger partial charge in [-0.25, -0.2) is 0 Å². The average Bonchev–Trinajstić information content (AvgIpc) is 3.08. The van der Waals surface area contributed by atoms with Crippen molar-refractivity contribution < 1.29 is 4.79 Å². The number of guanidine groups is 1. The van der Waals surface area contributed by atoms with E-state index in [4.69, 9.17) is 11.6 Å². The summed E-state index contributed by atoms with van der Waals surface area (Å²) < 4.78 is 0. The van der Waals surface area contributed by atoms with E-state index in [9.17, 15) is 4.79 Å². The van der Waals surface area contributed by atoms with Gasteiger partial charge in [0, 0.05) is 44.7 Å². The summed E-state index contributed by atoms with van der Waals surface area (Å²) in [6.45, 7) is 5.86. The van der Waals surface area contributed by atoms with Crippen molar-refractivity contribution >= 4 is 23.5 Å². The summed E-state index contributed by atoms with van der Waals surface area (Å²) in [5.74, 6) is 1.02. The monoisotopic (exact) mass is 350 g/mol. The van der Waals surface area contributed by atoms with Crippen LogP contribution >= 0.6 is 11.6 Å². The highest BCUT2D eigenvalue weighted by Crippen LogP contribution is 2.12. The second kappa shape index (κ2) is 9.52. The summed E-state index contributed by atoms with van der Waals surface area (Å²) in [7, 11) is 1.99. The number of hydrogen-bond donors (Lipinski definition) is 1. The Hall–Kier alpha value is -1.75. The fourth-order valence-electron chi connectivity index (χ4n) is 2.84. The van der Waals surface area contributed by atoms with E-state index in [2.05, 4.69) is 15.2 Å². The molecule has 0 spiro atoms. The van der Waals surface area contributed by atoms with Gasteiger partial charge in [-0.1, -0.05) is 23.7 Å². The third kappa shape index (κ3) is 5.71. The molecular weight excluding hydrogens is 324 g/mol. The number of benzene rings is 1. The molecule has 5 nitrogen and oxygen atoms in total. The Balaban J connectivity index is 1.90. The van der Waals surface area contributed by atoms with E-state index in [1.165, 1.54) is 0 Å². The first-order valence-corrected chi connectivity index (χ1v) is 8.99. The van der Waals surface area contributed by atoms with Crippen molar-refractivity contribution in [1.82, 2.24) is 15.1 Å². The second-order valence-corrected chi connectivity index (χ2v) is 6.50. The average molecular weight is 351 g/mol. The number of carbonyl (C=O) groups excluding carboxylic acids is 1. The van der Waals surface area contributed by atoms with Crippen molar-refractivity contribution in [2.75, 3.05) is 33.2 Å². The number of halogens is 1. The number of hydrogen-bond acceptors (Lipinski definition) is 2. The first-order chi connectivity index (χ1) is 11.6. The van der Waals surface area contributed by atoms with Crippen molar-refractivity contribution in [2.24, 2.45) is 4.99 Å². The fraction of sp³-hybridized carbons (Fsp3) is 0.556. The lowest BCUT2D eigenvalue weighted by Crippen LogP contribution is -2.38. The van der Waals surface area contributed by atoms with Crippen LogP contribution in [0.4, 0.5) is 0 Å². The summed E-state index contributed by atoms with van der Waals surface area (Å²) >= 11 is 6.04. The minimum Gasteiger partial charge on any atom is -0.357 e. The van der Waals surface area contributed by atoms with Gasteiger partial charge in [0.25, 0.3) is 0 Å². The van der Waals surface area contributed by atoms with Crippen LogP contribution in [0, 0.1) is 0 Å². The molecular formula is C18H27ClN4O. The van der Waals surface area contributed by atoms with E-state index in [1.807, 2.05) is 43.1 Å². The Bertz CT molecular complexity index is 570. The number of amides is 1. The van der Waals surface area contributed by atoms with E-state index in [-0.39, 0.29) is 5.91 Å². The molecule has 0 aromatic heterocycles. The van der Waals surface area contributed by atoms with E-state index in [0.717, 1.165) is 49.0 Å². The van der Waals surface area contributed by atoms with E-state index < -0.39 is 0 Å². The van der Waals surface area contributed by atoms with Crippen LogP contribution in [-0.4, -0.2) is 54.9 Å². The standard InChI is InChI=1S/C18H27ClN4O/c1-3-20-18(21-10-9-17(24)23-11-4-5-12-23)22(2)14-15-7-6-8-16(19)13-15/h6-8,13H,3-5,9-12,14H2,1-2H3,(H,20,21). The molecule has 1 aromatic carbocycles. The van der Waals surface area contributed by atoms with Gasteiger partial charge in [-0.15, -0.1) is 0 Å². The molecule has 6 heteroatoms. The van der Waals surface area contributed by atoms with Crippen LogP contribution in [-0.2, 0) is 11.3 Å². The molecule has 0 radical (unpaired) electrons. The molecule has 0 unspecified atom stereocenters. The molecule has 1 aliphatic rings. The maximum absolute atomic E-state index is 12.1. The molecule has 1 N–H and O–H groups in total. The molecule has 1 aliphatic heterocycles. The minimum atomic E-state index is 0.213. The summed E-state index contributed by atoms with van der Waals surface area (Å²) in [5.41, 5.74) is 1.13. The summed E-state index contributed by atoms with van der Waals surface area (Å²) in [6, 6.07) is 7.82. The van der Waals surface area contributed by atoms with Gasteiger partial charge in [0.2, 0.25) is 5.91 Å². The second-order valence-electron chi connectivity index (χ2n) is 6.06. The molecule has 1 aromatic rings. The van der Waals surface area contributed by atoms with Gasteiger partial charge < -0.3 is 15.1 Å². The zero-order chi connectivity index (χ0) is 17.4. The Morgan fingerprint density at radius 3 is 2.79 bits per heavy atom. The van der Waals surface area contributed by atoms with Gasteiger partial charge in [-0.05, 0) is 37.5 Å². The van der Waals surface area contributed by atoms with Crippen LogP contribution in [0.25, 0.3) is 0 Å². The van der Waals surface area contributed by atoms with Gasteiger partial charge in [-0.3, -0.25) is 9.79 Å². The number of carbonyl (C=O) groups is 1. The van der Waals surface area contributed by atoms with Crippen molar-refractivity contribution in [3.8, 4) is 0 Å². The largest absolute Gasteiger partial charge is 0.357 e. The Labute approximate surface area is 149 Å². The number of nitrogens with one attached hydrogen (secondary N) is 1. The quantitative estimate of drug-likeness (QED) is 0.634. The highest BCUT2D eigenvalue weighted by atomic mass is 35.5. The van der Waals surface area contributed by atoms with E-state index >= 15 is 0 Å². The predicted octanol–water partition coefficient (Wildman–Crippen LogP) is 2.75. The van der Waals surface area contributed by atoms with Crippen molar-refractivity contribution in [1.29, 1.82) is 0 Å². The molecule has 2 rings (SSSR count). The number of likely N-dealkylation sites (tertiary alicyclic amines) is 1. The molecule has 1 amide bonds. The van der Waals surface area contributed by atoms with Gasteiger partial charge in [-0.2, -0.15) is 0 Å². The molecule has 0 bridgehead atoms. The molecule has 0 atom stereocenters.